The molecule has 0 bridgehead atoms. The SMILES string of the molecule is [B]=C[C@@H]1O[C@@H](c2ccc(Cl)c(Cc3ccc4c(c3)OCCO4)c2)[C@H](OC(C)=O)[C@@H](OC(C)=O)[C@@H]1OC(C)=O. The fraction of sp³-hybridized carbons (Fsp3) is 0.407. The van der Waals surface area contributed by atoms with Gasteiger partial charge >= 0.3 is 208 Å². The summed E-state index contributed by atoms with van der Waals surface area (Å²) in [7, 11) is 5.83. The molecule has 0 amide bonds. The zero-order chi connectivity index (χ0) is 27.4. The van der Waals surface area contributed by atoms with Gasteiger partial charge in [0.05, 0.1) is 0 Å². The van der Waals surface area contributed by atoms with Crippen molar-refractivity contribution in [3.8, 4) is 11.5 Å². The Bertz CT molecular complexity index is 1230. The van der Waals surface area contributed by atoms with Gasteiger partial charge in [-0.15, -0.1) is 0 Å². The fourth-order valence-electron chi connectivity index (χ4n) is 4.59. The summed E-state index contributed by atoms with van der Waals surface area (Å²) in [6.45, 7) is 4.60. The number of rotatable bonds is 7. The number of carbonyl (C=O) groups excluding carboxylic acids is 3. The van der Waals surface area contributed by atoms with Crippen LogP contribution in [0.15, 0.2) is 36.4 Å². The average molecular weight is 542 g/mol. The van der Waals surface area contributed by atoms with Gasteiger partial charge in [0.25, 0.3) is 0 Å². The topological polar surface area (TPSA) is 107 Å². The van der Waals surface area contributed by atoms with E-state index in [9.17, 15) is 14.4 Å². The van der Waals surface area contributed by atoms with Crippen molar-refractivity contribution in [1.82, 2.24) is 0 Å². The first-order valence-electron chi connectivity index (χ1n) is 12.0. The van der Waals surface area contributed by atoms with Gasteiger partial charge in [0.1, 0.15) is 13.2 Å². The number of ether oxygens (including phenoxy) is 6. The molecule has 1 fully saturated rings. The number of fused-ring (bicyclic) bond motifs is 1. The van der Waals surface area contributed by atoms with Gasteiger partial charge in [-0.25, -0.2) is 0 Å². The predicted octanol–water partition coefficient (Wildman–Crippen LogP) is 2.91. The van der Waals surface area contributed by atoms with E-state index in [0.29, 0.717) is 41.7 Å². The van der Waals surface area contributed by atoms with Crippen molar-refractivity contribution in [1.29, 1.82) is 0 Å². The molecule has 0 saturated carbocycles. The Kier molecular flexibility index (Phi) is 8.74. The molecule has 199 valence electrons. The Morgan fingerprint density at radius 1 is 0.895 bits per heavy atom. The number of hydrogen-bond donors (Lipinski definition) is 0. The van der Waals surface area contributed by atoms with Crippen LogP contribution in [-0.2, 0) is 39.8 Å². The van der Waals surface area contributed by atoms with Crippen molar-refractivity contribution >= 4 is 43.0 Å². The van der Waals surface area contributed by atoms with Gasteiger partial charge in [-0.05, 0) is 0 Å². The summed E-state index contributed by atoms with van der Waals surface area (Å²) in [6.07, 6.45) is -4.87. The summed E-state index contributed by atoms with van der Waals surface area (Å²) in [5, 5.41) is 0.514. The van der Waals surface area contributed by atoms with Crippen LogP contribution in [0, 0.1) is 0 Å². The van der Waals surface area contributed by atoms with Crippen LogP contribution in [0.3, 0.4) is 0 Å². The second-order valence-corrected chi connectivity index (χ2v) is 9.35. The Morgan fingerprint density at radius 2 is 1.53 bits per heavy atom. The summed E-state index contributed by atoms with van der Waals surface area (Å²) >= 11 is 6.55. The Morgan fingerprint density at radius 3 is 2.18 bits per heavy atom. The summed E-state index contributed by atoms with van der Waals surface area (Å²) in [4.78, 5) is 35.9. The van der Waals surface area contributed by atoms with Gasteiger partial charge in [-0.2, -0.15) is 0 Å². The molecular weight excluding hydrogens is 515 g/mol. The first-order chi connectivity index (χ1) is 18.2. The Labute approximate surface area is 226 Å². The van der Waals surface area contributed by atoms with Crippen LogP contribution in [0.1, 0.15) is 43.6 Å². The monoisotopic (exact) mass is 541 g/mol. The molecule has 0 spiro atoms. The third-order valence-corrected chi connectivity index (χ3v) is 6.44. The van der Waals surface area contributed by atoms with Crippen molar-refractivity contribution in [2.24, 2.45) is 0 Å². The van der Waals surface area contributed by atoms with Crippen LogP contribution in [0.25, 0.3) is 0 Å². The number of esters is 3. The van der Waals surface area contributed by atoms with E-state index in [0.717, 1.165) is 11.1 Å². The van der Waals surface area contributed by atoms with Crippen LogP contribution < -0.4 is 9.47 Å². The molecule has 2 aromatic carbocycles. The van der Waals surface area contributed by atoms with Crippen molar-refractivity contribution in [3.05, 3.63) is 58.1 Å². The zero-order valence-electron chi connectivity index (χ0n) is 21.2. The molecule has 0 N–H and O–H groups in total. The van der Waals surface area contributed by atoms with Gasteiger partial charge in [0.15, 0.2) is 0 Å². The number of carbonyl (C=O) groups is 3. The van der Waals surface area contributed by atoms with Crippen LogP contribution in [-0.4, -0.2) is 69.0 Å². The number of hydrogen-bond acceptors (Lipinski definition) is 9. The second-order valence-electron chi connectivity index (χ2n) is 8.94. The molecule has 2 aliphatic rings. The molecule has 0 aliphatic carbocycles. The molecule has 0 aromatic heterocycles. The van der Waals surface area contributed by atoms with E-state index in [-0.39, 0.29) is 0 Å². The van der Waals surface area contributed by atoms with Crippen molar-refractivity contribution in [2.75, 3.05) is 13.2 Å². The maximum absolute atomic E-state index is 12.1. The Balaban J connectivity index is 1.70. The third kappa shape index (κ3) is 6.36. The van der Waals surface area contributed by atoms with Crippen molar-refractivity contribution in [3.63, 3.8) is 0 Å². The molecule has 5 atom stereocenters. The number of halogens is 1. The van der Waals surface area contributed by atoms with E-state index >= 15 is 0 Å². The molecule has 1 saturated heterocycles. The van der Waals surface area contributed by atoms with E-state index in [4.69, 9.17) is 47.5 Å². The minimum absolute atomic E-state index is 0.462. The van der Waals surface area contributed by atoms with Crippen LogP contribution in [0.2, 0.25) is 5.02 Å². The first kappa shape index (κ1) is 27.7. The van der Waals surface area contributed by atoms with Crippen LogP contribution in [0.4, 0.5) is 0 Å². The normalized spacial score (nSPS) is 24.1. The standard InChI is InChI=1S/C27H27BClO9/c1-14(30)35-25-23(13-28)38-24(26(36-15(2)31)27(25)37-16(3)32)18-5-6-20(29)19(12-18)10-17-4-7-21-22(11-17)34-9-8-33-21/h4-7,11-13,23-27H,8-10H2,1-3H3/t23-,24-,25+,26-,27-/m0/s1. The van der Waals surface area contributed by atoms with Gasteiger partial charge in [-0.3, -0.25) is 0 Å². The molecule has 4 rings (SSSR count). The third-order valence-electron chi connectivity index (χ3n) is 6.07. The van der Waals surface area contributed by atoms with E-state index in [1.54, 1.807) is 12.1 Å². The molecule has 11 heteroatoms. The molecule has 0 unspecified atom stereocenters. The van der Waals surface area contributed by atoms with E-state index in [2.05, 4.69) is 0 Å². The van der Waals surface area contributed by atoms with Gasteiger partial charge < -0.3 is 4.74 Å². The summed E-state index contributed by atoms with van der Waals surface area (Å²) in [5.74, 6) is 0.610. The molecule has 2 heterocycles. The van der Waals surface area contributed by atoms with E-state index in [1.165, 1.54) is 26.7 Å². The van der Waals surface area contributed by atoms with Crippen LogP contribution in [0.5, 0.6) is 11.5 Å². The first-order valence-corrected chi connectivity index (χ1v) is 12.4. The summed E-state index contributed by atoms with van der Waals surface area (Å²) < 4.78 is 33.9. The molecule has 2 aromatic rings. The van der Waals surface area contributed by atoms with Crippen molar-refractivity contribution < 1.29 is 42.8 Å². The Hall–Kier alpha value is -3.37. The van der Waals surface area contributed by atoms with Crippen molar-refractivity contribution in [2.45, 2.75) is 57.7 Å². The average Bonchev–Trinajstić information content (AvgIpc) is 2.86. The van der Waals surface area contributed by atoms with Gasteiger partial charge in [0, 0.05) is 0 Å². The molecule has 9 nitrogen and oxygen atoms in total. The van der Waals surface area contributed by atoms with E-state index in [1.807, 2.05) is 24.3 Å². The fourth-order valence-corrected chi connectivity index (χ4v) is 4.77. The van der Waals surface area contributed by atoms with Gasteiger partial charge in [-0.1, -0.05) is 0 Å². The van der Waals surface area contributed by atoms with Gasteiger partial charge in [0.2, 0.25) is 0 Å². The summed E-state index contributed by atoms with van der Waals surface area (Å²) in [5.41, 5.74) is 2.30. The molecular formula is C27H27BClO9. The molecule has 38 heavy (non-hydrogen) atoms. The van der Waals surface area contributed by atoms with Crippen LogP contribution >= 0.6 is 11.6 Å². The maximum atomic E-state index is 12.1. The molecule has 1 radical (unpaired) electrons. The van der Waals surface area contributed by atoms with E-state index < -0.39 is 48.4 Å². The molecule has 2 aliphatic heterocycles. The second kappa shape index (κ2) is 12.0. The number of benzene rings is 2. The quantitative estimate of drug-likeness (QED) is 0.297. The predicted molar refractivity (Wildman–Crippen MR) is 138 cm³/mol. The minimum atomic E-state index is -1.18. The zero-order valence-corrected chi connectivity index (χ0v) is 21.9. The summed E-state index contributed by atoms with van der Waals surface area (Å²) in [6, 6.07) is 10.9.